The van der Waals surface area contributed by atoms with E-state index < -0.39 is 0 Å². The van der Waals surface area contributed by atoms with E-state index in [2.05, 4.69) is 6.92 Å². The lowest BCUT2D eigenvalue weighted by atomic mass is 10.1. The van der Waals surface area contributed by atoms with Crippen LogP contribution in [0.4, 0.5) is 0 Å². The lowest BCUT2D eigenvalue weighted by molar-refractivity contribution is -0.141. The number of ether oxygens (including phenoxy) is 2. The third-order valence-electron chi connectivity index (χ3n) is 3.74. The second-order valence-corrected chi connectivity index (χ2v) is 6.44. The predicted molar refractivity (Wildman–Crippen MR) is 69.2 cm³/mol. The van der Waals surface area contributed by atoms with E-state index in [9.17, 15) is 4.79 Å². The fraction of sp³-hybridized carbons (Fsp3) is 0.923. The Morgan fingerprint density at radius 2 is 2.24 bits per heavy atom. The minimum atomic E-state index is -0.0613. The lowest BCUT2D eigenvalue weighted by Crippen LogP contribution is -2.16. The summed E-state index contributed by atoms with van der Waals surface area (Å²) in [6, 6.07) is 0. The number of rotatable bonds is 6. The fourth-order valence-corrected chi connectivity index (χ4v) is 3.79. The lowest BCUT2D eigenvalue weighted by Gasteiger charge is -2.15. The predicted octanol–water partition coefficient (Wildman–Crippen LogP) is 2.63. The van der Waals surface area contributed by atoms with Crippen LogP contribution in [-0.4, -0.2) is 36.8 Å². The van der Waals surface area contributed by atoms with Crippen molar-refractivity contribution in [3.8, 4) is 0 Å². The summed E-state index contributed by atoms with van der Waals surface area (Å²) < 4.78 is 10.5. The van der Waals surface area contributed by atoms with E-state index in [-0.39, 0.29) is 11.4 Å². The molecule has 2 aliphatic rings. The highest BCUT2D eigenvalue weighted by Gasteiger charge is 2.44. The van der Waals surface area contributed by atoms with Crippen molar-refractivity contribution >= 4 is 17.7 Å². The van der Waals surface area contributed by atoms with Gasteiger partial charge in [-0.1, -0.05) is 0 Å². The van der Waals surface area contributed by atoms with Crippen LogP contribution in [0.25, 0.3) is 0 Å². The molecule has 0 bridgehead atoms. The molecule has 0 radical (unpaired) electrons. The second kappa shape index (κ2) is 5.61. The largest absolute Gasteiger partial charge is 0.469 e. The van der Waals surface area contributed by atoms with Crippen molar-refractivity contribution in [2.24, 2.45) is 5.41 Å². The first-order valence-corrected chi connectivity index (χ1v) is 7.59. The van der Waals surface area contributed by atoms with E-state index in [0.29, 0.717) is 18.6 Å². The van der Waals surface area contributed by atoms with Crippen molar-refractivity contribution in [2.45, 2.75) is 51.2 Å². The average Bonchev–Trinajstić information content (AvgIpc) is 2.93. The fourth-order valence-electron chi connectivity index (χ4n) is 2.34. The smallest absolute Gasteiger partial charge is 0.306 e. The van der Waals surface area contributed by atoms with Crippen LogP contribution >= 0.6 is 11.8 Å². The van der Waals surface area contributed by atoms with Gasteiger partial charge in [0.1, 0.15) is 0 Å². The normalized spacial score (nSPS) is 30.2. The van der Waals surface area contributed by atoms with Gasteiger partial charge in [-0.25, -0.2) is 0 Å². The molecule has 98 valence electrons. The van der Waals surface area contributed by atoms with Crippen molar-refractivity contribution in [3.05, 3.63) is 0 Å². The summed E-state index contributed by atoms with van der Waals surface area (Å²) in [7, 11) is 1.47. The van der Waals surface area contributed by atoms with E-state index in [1.54, 1.807) is 0 Å². The summed E-state index contributed by atoms with van der Waals surface area (Å²) in [5, 5.41) is 0. The zero-order valence-electron chi connectivity index (χ0n) is 10.7. The Hall–Kier alpha value is -0.220. The van der Waals surface area contributed by atoms with Crippen LogP contribution in [0.1, 0.15) is 39.0 Å². The molecule has 3 nitrogen and oxygen atoms in total. The van der Waals surface area contributed by atoms with Crippen molar-refractivity contribution in [3.63, 3.8) is 0 Å². The molecule has 4 heteroatoms. The van der Waals surface area contributed by atoms with Crippen molar-refractivity contribution in [1.29, 1.82) is 0 Å². The number of hydrogen-bond donors (Lipinski definition) is 0. The molecule has 2 rings (SSSR count). The SMILES string of the molecule is COC(=O)CC1(CSCC2CCC(C)O2)CC1. The van der Waals surface area contributed by atoms with E-state index >= 15 is 0 Å². The Labute approximate surface area is 108 Å². The first-order valence-electron chi connectivity index (χ1n) is 6.44. The molecule has 1 heterocycles. The summed E-state index contributed by atoms with van der Waals surface area (Å²) in [6.45, 7) is 2.14. The van der Waals surface area contributed by atoms with Gasteiger partial charge in [0.25, 0.3) is 0 Å². The molecule has 2 atom stereocenters. The van der Waals surface area contributed by atoms with E-state index in [1.165, 1.54) is 32.8 Å². The van der Waals surface area contributed by atoms with Crippen LogP contribution in [-0.2, 0) is 14.3 Å². The van der Waals surface area contributed by atoms with E-state index in [4.69, 9.17) is 9.47 Å². The first-order chi connectivity index (χ1) is 8.13. The third kappa shape index (κ3) is 3.88. The maximum Gasteiger partial charge on any atom is 0.306 e. The maximum atomic E-state index is 11.3. The van der Waals surface area contributed by atoms with Gasteiger partial charge in [0.2, 0.25) is 0 Å². The van der Waals surface area contributed by atoms with Gasteiger partial charge >= 0.3 is 5.97 Å². The zero-order chi connectivity index (χ0) is 12.3. The number of thioether (sulfide) groups is 1. The average molecular weight is 258 g/mol. The quantitative estimate of drug-likeness (QED) is 0.686. The maximum absolute atomic E-state index is 11.3. The number of esters is 1. The Balaban J connectivity index is 1.63. The second-order valence-electron chi connectivity index (χ2n) is 5.41. The molecule has 0 aromatic carbocycles. The Kier molecular flexibility index (Phi) is 4.36. The first kappa shape index (κ1) is 13.2. The molecule has 1 saturated heterocycles. The molecule has 0 aromatic heterocycles. The minimum absolute atomic E-state index is 0.0613. The highest BCUT2D eigenvalue weighted by atomic mass is 32.2. The standard InChI is InChI=1S/C13H22O3S/c1-10-3-4-11(16-10)8-17-9-13(5-6-13)7-12(14)15-2/h10-11H,3-9H2,1-2H3. The molecule has 1 aliphatic carbocycles. The molecule has 0 spiro atoms. The Morgan fingerprint density at radius 1 is 1.47 bits per heavy atom. The summed E-state index contributed by atoms with van der Waals surface area (Å²) in [6.07, 6.45) is 6.21. The Morgan fingerprint density at radius 3 is 2.76 bits per heavy atom. The summed E-state index contributed by atoms with van der Waals surface area (Å²) in [5.74, 6) is 2.10. The number of methoxy groups -OCH3 is 1. The summed E-state index contributed by atoms with van der Waals surface area (Å²) in [5.41, 5.74) is 0.252. The Bertz CT molecular complexity index is 276. The molecule has 2 unspecified atom stereocenters. The van der Waals surface area contributed by atoms with E-state index in [0.717, 1.165) is 11.5 Å². The van der Waals surface area contributed by atoms with Crippen LogP contribution in [0.5, 0.6) is 0 Å². The molecule has 2 fully saturated rings. The minimum Gasteiger partial charge on any atom is -0.469 e. The van der Waals surface area contributed by atoms with Gasteiger partial charge in [0.15, 0.2) is 0 Å². The monoisotopic (exact) mass is 258 g/mol. The topological polar surface area (TPSA) is 35.5 Å². The van der Waals surface area contributed by atoms with Crippen molar-refractivity contribution in [2.75, 3.05) is 18.6 Å². The summed E-state index contributed by atoms with van der Waals surface area (Å²) in [4.78, 5) is 11.3. The van der Waals surface area contributed by atoms with E-state index in [1.807, 2.05) is 11.8 Å². The van der Waals surface area contributed by atoms with Crippen LogP contribution < -0.4 is 0 Å². The highest BCUT2D eigenvalue weighted by Crippen LogP contribution is 2.51. The van der Waals surface area contributed by atoms with Gasteiger partial charge in [0.05, 0.1) is 25.7 Å². The van der Waals surface area contributed by atoms with Crippen molar-refractivity contribution in [1.82, 2.24) is 0 Å². The van der Waals surface area contributed by atoms with Gasteiger partial charge in [-0.3, -0.25) is 4.79 Å². The molecule has 1 aliphatic heterocycles. The molecular formula is C13H22O3S. The van der Waals surface area contributed by atoms with Gasteiger partial charge in [-0.05, 0) is 43.8 Å². The number of hydrogen-bond acceptors (Lipinski definition) is 4. The van der Waals surface area contributed by atoms with Gasteiger partial charge < -0.3 is 9.47 Å². The van der Waals surface area contributed by atoms with Crippen LogP contribution in [0, 0.1) is 5.41 Å². The van der Waals surface area contributed by atoms with Crippen LogP contribution in [0.15, 0.2) is 0 Å². The molecule has 0 aromatic rings. The highest BCUT2D eigenvalue weighted by molar-refractivity contribution is 7.99. The van der Waals surface area contributed by atoms with Gasteiger partial charge in [-0.15, -0.1) is 0 Å². The van der Waals surface area contributed by atoms with Crippen LogP contribution in [0.3, 0.4) is 0 Å². The molecule has 0 amide bonds. The van der Waals surface area contributed by atoms with Crippen molar-refractivity contribution < 1.29 is 14.3 Å². The molecular weight excluding hydrogens is 236 g/mol. The third-order valence-corrected chi connectivity index (χ3v) is 5.16. The number of carbonyl (C=O) groups excluding carboxylic acids is 1. The van der Waals surface area contributed by atoms with Crippen LogP contribution in [0.2, 0.25) is 0 Å². The molecule has 1 saturated carbocycles. The molecule has 0 N–H and O–H groups in total. The van der Waals surface area contributed by atoms with Gasteiger partial charge in [0, 0.05) is 5.75 Å². The summed E-state index contributed by atoms with van der Waals surface area (Å²) >= 11 is 1.94. The zero-order valence-corrected chi connectivity index (χ0v) is 11.6. The number of carbonyl (C=O) groups is 1. The van der Waals surface area contributed by atoms with Gasteiger partial charge in [-0.2, -0.15) is 11.8 Å². The molecule has 17 heavy (non-hydrogen) atoms.